The van der Waals surface area contributed by atoms with Crippen molar-refractivity contribution in [3.63, 3.8) is 0 Å². The average molecular weight is 314 g/mol. The van der Waals surface area contributed by atoms with Crippen molar-refractivity contribution in [3.8, 4) is 0 Å². The van der Waals surface area contributed by atoms with E-state index in [0.717, 1.165) is 0 Å². The van der Waals surface area contributed by atoms with Crippen LogP contribution in [0.3, 0.4) is 0 Å². The van der Waals surface area contributed by atoms with Crippen molar-refractivity contribution in [2.45, 2.75) is 31.8 Å². The summed E-state index contributed by atoms with van der Waals surface area (Å²) in [7, 11) is 3.88. The Morgan fingerprint density at radius 2 is 2.14 bits per heavy atom. The molecule has 0 saturated carbocycles. The summed E-state index contributed by atoms with van der Waals surface area (Å²) in [6.45, 7) is 2.74. The Bertz CT molecular complexity index is 636. The third kappa shape index (κ3) is 3.64. The van der Waals surface area contributed by atoms with E-state index >= 15 is 0 Å². The Kier molecular flexibility index (Phi) is 4.86. The molecule has 22 heavy (non-hydrogen) atoms. The number of aliphatic hydroxyl groups is 2. The van der Waals surface area contributed by atoms with Gasteiger partial charge in [-0.2, -0.15) is 0 Å². The molecule has 124 valence electrons. The number of hydrogen-bond acceptors (Lipinski definition) is 5. The molecule has 0 spiro atoms. The summed E-state index contributed by atoms with van der Waals surface area (Å²) in [6.07, 6.45) is 0.0206. The van der Waals surface area contributed by atoms with Gasteiger partial charge in [0, 0.05) is 18.2 Å². The van der Waals surface area contributed by atoms with Crippen molar-refractivity contribution < 1.29 is 19.4 Å². The fourth-order valence-corrected chi connectivity index (χ4v) is 2.70. The molecule has 0 bridgehead atoms. The molecule has 3 atom stereocenters. The van der Waals surface area contributed by atoms with Crippen molar-refractivity contribution in [1.29, 1.82) is 0 Å². The summed E-state index contributed by atoms with van der Waals surface area (Å²) in [5, 5.41) is 19.2. The average Bonchev–Trinajstić information content (AvgIpc) is 2.74. The number of aromatic amines is 1. The van der Waals surface area contributed by atoms with Crippen LogP contribution in [0, 0.1) is 6.92 Å². The van der Waals surface area contributed by atoms with E-state index in [1.807, 2.05) is 14.1 Å². The quantitative estimate of drug-likeness (QED) is 0.578. The lowest BCUT2D eigenvalue weighted by atomic mass is 10.1. The van der Waals surface area contributed by atoms with Crippen molar-refractivity contribution in [2.75, 3.05) is 33.8 Å². The van der Waals surface area contributed by atoms with Gasteiger partial charge in [0.25, 0.3) is 5.56 Å². The highest BCUT2D eigenvalue weighted by atomic mass is 16.5. The van der Waals surface area contributed by atoms with E-state index < -0.39 is 29.7 Å². The number of ether oxygens (including phenoxy) is 1. The van der Waals surface area contributed by atoms with E-state index in [4.69, 9.17) is 9.84 Å². The van der Waals surface area contributed by atoms with E-state index in [9.17, 15) is 14.7 Å². The maximum atomic E-state index is 11.9. The molecule has 1 saturated heterocycles. The first-order chi connectivity index (χ1) is 10.2. The van der Waals surface area contributed by atoms with Gasteiger partial charge in [-0.1, -0.05) is 0 Å². The van der Waals surface area contributed by atoms with E-state index in [2.05, 4.69) is 4.98 Å². The molecule has 0 amide bonds. The van der Waals surface area contributed by atoms with Gasteiger partial charge in [0.15, 0.2) is 0 Å². The number of quaternary nitrogens is 1. The molecular weight excluding hydrogens is 290 g/mol. The van der Waals surface area contributed by atoms with Crippen LogP contribution < -0.4 is 11.2 Å². The smallest absolute Gasteiger partial charge is 0.330 e. The molecule has 1 aromatic rings. The van der Waals surface area contributed by atoms with Gasteiger partial charge in [-0.15, -0.1) is 0 Å². The predicted molar refractivity (Wildman–Crippen MR) is 79.5 cm³/mol. The molecule has 1 aliphatic heterocycles. The molecule has 2 rings (SSSR count). The zero-order chi connectivity index (χ0) is 16.5. The standard InChI is InChI=1S/C14H23N3O5/c1-9-7-16(14(21)15-13(9)20)12-6-10(19)11(22-12)8-17(2,3)4-5-18/h7,10-12,18-19H,4-6,8H2,1-3H3/p+1. The van der Waals surface area contributed by atoms with Crippen LogP contribution in [0.2, 0.25) is 0 Å². The number of nitrogens with one attached hydrogen (secondary N) is 1. The highest BCUT2D eigenvalue weighted by Crippen LogP contribution is 2.28. The molecule has 3 unspecified atom stereocenters. The SMILES string of the molecule is Cc1cn(C2CC(O)C(C[N+](C)(C)CCO)O2)c(=O)[nH]c1=O. The van der Waals surface area contributed by atoms with Crippen LogP contribution in [0.1, 0.15) is 18.2 Å². The second-order valence-electron chi connectivity index (χ2n) is 6.48. The third-order valence-electron chi connectivity index (χ3n) is 4.04. The lowest BCUT2D eigenvalue weighted by Gasteiger charge is -2.32. The van der Waals surface area contributed by atoms with Gasteiger partial charge in [-0.05, 0) is 6.92 Å². The second-order valence-corrected chi connectivity index (χ2v) is 6.48. The predicted octanol–water partition coefficient (Wildman–Crippen LogP) is -1.44. The van der Waals surface area contributed by atoms with Gasteiger partial charge >= 0.3 is 5.69 Å². The molecule has 8 heteroatoms. The Morgan fingerprint density at radius 3 is 2.77 bits per heavy atom. The molecule has 1 fully saturated rings. The van der Waals surface area contributed by atoms with Crippen LogP contribution in [0.4, 0.5) is 0 Å². The number of aromatic nitrogens is 2. The summed E-state index contributed by atoms with van der Waals surface area (Å²) in [4.78, 5) is 25.5. The first kappa shape index (κ1) is 16.9. The Balaban J connectivity index is 2.16. The maximum absolute atomic E-state index is 11.9. The number of rotatable bonds is 5. The Labute approximate surface area is 128 Å². The van der Waals surface area contributed by atoms with Gasteiger partial charge in [0.1, 0.15) is 25.4 Å². The molecular formula is C14H24N3O5+. The lowest BCUT2D eigenvalue weighted by molar-refractivity contribution is -0.894. The molecule has 2 heterocycles. The molecule has 1 aliphatic rings. The molecule has 3 N–H and O–H groups in total. The molecule has 0 radical (unpaired) electrons. The fraction of sp³-hybridized carbons (Fsp3) is 0.714. The lowest BCUT2D eigenvalue weighted by Crippen LogP contribution is -2.49. The number of aliphatic hydroxyl groups excluding tert-OH is 2. The minimum Gasteiger partial charge on any atom is -0.391 e. The monoisotopic (exact) mass is 314 g/mol. The van der Waals surface area contributed by atoms with E-state index in [1.165, 1.54) is 10.8 Å². The van der Waals surface area contributed by atoms with Crippen LogP contribution in [0.15, 0.2) is 15.8 Å². The maximum Gasteiger partial charge on any atom is 0.330 e. The minimum absolute atomic E-state index is 0.0534. The van der Waals surface area contributed by atoms with Gasteiger partial charge < -0.3 is 19.4 Å². The van der Waals surface area contributed by atoms with Crippen LogP contribution >= 0.6 is 0 Å². The first-order valence-electron chi connectivity index (χ1n) is 7.32. The van der Waals surface area contributed by atoms with Gasteiger partial charge in [0.2, 0.25) is 0 Å². The fourth-order valence-electron chi connectivity index (χ4n) is 2.70. The van der Waals surface area contributed by atoms with Crippen molar-refractivity contribution >= 4 is 0 Å². The van der Waals surface area contributed by atoms with Gasteiger partial charge in [-0.3, -0.25) is 14.3 Å². The Morgan fingerprint density at radius 1 is 1.45 bits per heavy atom. The second kappa shape index (κ2) is 6.33. The number of likely N-dealkylation sites (N-methyl/N-ethyl adjacent to an activating group) is 1. The van der Waals surface area contributed by atoms with E-state index in [0.29, 0.717) is 23.1 Å². The van der Waals surface area contributed by atoms with Crippen molar-refractivity contribution in [1.82, 2.24) is 9.55 Å². The molecule has 0 aliphatic carbocycles. The first-order valence-corrected chi connectivity index (χ1v) is 7.32. The van der Waals surface area contributed by atoms with Crippen molar-refractivity contribution in [3.05, 3.63) is 32.6 Å². The highest BCUT2D eigenvalue weighted by Gasteiger charge is 2.39. The van der Waals surface area contributed by atoms with Gasteiger partial charge in [-0.25, -0.2) is 4.79 Å². The summed E-state index contributed by atoms with van der Waals surface area (Å²) >= 11 is 0. The van der Waals surface area contributed by atoms with E-state index in [-0.39, 0.29) is 13.0 Å². The minimum atomic E-state index is -0.694. The normalized spacial score (nSPS) is 25.6. The Hall–Kier alpha value is -1.48. The number of hydrogen-bond donors (Lipinski definition) is 3. The number of aryl methyl sites for hydroxylation is 1. The molecule has 1 aromatic heterocycles. The number of nitrogens with zero attached hydrogens (tertiary/aromatic N) is 2. The zero-order valence-electron chi connectivity index (χ0n) is 13.2. The topological polar surface area (TPSA) is 105 Å². The van der Waals surface area contributed by atoms with Crippen LogP contribution in [0.5, 0.6) is 0 Å². The summed E-state index contributed by atoms with van der Waals surface area (Å²) in [5.74, 6) is 0. The van der Waals surface area contributed by atoms with Crippen LogP contribution in [0.25, 0.3) is 0 Å². The van der Waals surface area contributed by atoms with E-state index in [1.54, 1.807) is 6.92 Å². The van der Waals surface area contributed by atoms with Crippen LogP contribution in [-0.2, 0) is 4.74 Å². The van der Waals surface area contributed by atoms with Gasteiger partial charge in [0.05, 0.1) is 26.8 Å². The van der Waals surface area contributed by atoms with Crippen LogP contribution in [-0.4, -0.2) is 70.2 Å². The van der Waals surface area contributed by atoms with Crippen molar-refractivity contribution in [2.24, 2.45) is 0 Å². The summed E-state index contributed by atoms with van der Waals surface area (Å²) < 4.78 is 7.63. The largest absolute Gasteiger partial charge is 0.391 e. The third-order valence-corrected chi connectivity index (χ3v) is 4.04. The highest BCUT2D eigenvalue weighted by molar-refractivity contribution is 5.02. The summed E-state index contributed by atoms with van der Waals surface area (Å²) in [6, 6.07) is 0. The zero-order valence-corrected chi connectivity index (χ0v) is 13.2. The number of H-pyrrole nitrogens is 1. The molecule has 0 aromatic carbocycles. The summed E-state index contributed by atoms with van der Waals surface area (Å²) in [5.41, 5.74) is -0.549. The molecule has 8 nitrogen and oxygen atoms in total.